The molecule has 0 heterocycles. The smallest absolute Gasteiger partial charge is 0.0561 e. The van der Waals surface area contributed by atoms with Gasteiger partial charge < -0.3 is 0 Å². The number of para-hydroxylation sites is 1. The molecule has 0 aliphatic carbocycles. The van der Waals surface area contributed by atoms with Crippen LogP contribution in [0.2, 0.25) is 0 Å². The van der Waals surface area contributed by atoms with Gasteiger partial charge in [-0.25, -0.2) is 0 Å². The minimum absolute atomic E-state index is 0.962. The van der Waals surface area contributed by atoms with E-state index < -0.39 is 0 Å². The van der Waals surface area contributed by atoms with Gasteiger partial charge in [-0.1, -0.05) is 24.3 Å². The molecule has 2 nitrogen and oxygen atoms in total. The van der Waals surface area contributed by atoms with E-state index in [0.717, 1.165) is 24.2 Å². The predicted molar refractivity (Wildman–Crippen MR) is 62.6 cm³/mol. The lowest BCUT2D eigenvalue weighted by Crippen LogP contribution is -1.96. The average Bonchev–Trinajstić information content (AvgIpc) is 2.25. The van der Waals surface area contributed by atoms with E-state index in [2.05, 4.69) is 17.1 Å². The minimum atomic E-state index is 0.962. The van der Waals surface area contributed by atoms with Crippen molar-refractivity contribution in [3.63, 3.8) is 0 Å². The summed E-state index contributed by atoms with van der Waals surface area (Å²) in [6.45, 7) is 5.69. The van der Waals surface area contributed by atoms with E-state index >= 15 is 0 Å². The summed E-state index contributed by atoms with van der Waals surface area (Å²) in [6.07, 6.45) is 3.84. The zero-order chi connectivity index (χ0) is 10.2. The molecule has 1 aromatic carbocycles. The number of hydrazone groups is 1. The van der Waals surface area contributed by atoms with Crippen LogP contribution in [-0.4, -0.2) is 5.71 Å². The van der Waals surface area contributed by atoms with Crippen molar-refractivity contribution in [2.75, 3.05) is 5.43 Å². The fraction of sp³-hybridized carbons (Fsp3) is 0.250. The van der Waals surface area contributed by atoms with E-state index in [1.165, 1.54) is 0 Å². The summed E-state index contributed by atoms with van der Waals surface area (Å²) < 4.78 is 0. The molecule has 1 aromatic rings. The lowest BCUT2D eigenvalue weighted by Gasteiger charge is -2.01. The molecule has 0 spiro atoms. The minimum Gasteiger partial charge on any atom is -0.279 e. The first-order valence-corrected chi connectivity index (χ1v) is 4.78. The fourth-order valence-corrected chi connectivity index (χ4v) is 1.04. The zero-order valence-corrected chi connectivity index (χ0v) is 8.53. The Morgan fingerprint density at radius 2 is 2.14 bits per heavy atom. The molecule has 0 radical (unpaired) electrons. The van der Waals surface area contributed by atoms with Gasteiger partial charge in [-0.2, -0.15) is 5.10 Å². The first kappa shape index (κ1) is 10.5. The van der Waals surface area contributed by atoms with Crippen LogP contribution in [0.4, 0.5) is 5.69 Å². The molecule has 0 fully saturated rings. The van der Waals surface area contributed by atoms with Gasteiger partial charge in [-0.05, 0) is 31.9 Å². The van der Waals surface area contributed by atoms with Crippen molar-refractivity contribution in [2.45, 2.75) is 19.8 Å². The standard InChI is InChI=1S/C12H16N2/c1-3-4-8-11(2)13-14-12-9-6-5-7-10-12/h3,5-7,9-10,14H,1,4,8H2,2H3/b13-11+. The second-order valence-electron chi connectivity index (χ2n) is 3.15. The molecule has 14 heavy (non-hydrogen) atoms. The normalized spacial score (nSPS) is 11.1. The molecule has 0 amide bonds. The number of rotatable bonds is 5. The molecule has 1 N–H and O–H groups in total. The number of nitrogens with one attached hydrogen (secondary N) is 1. The summed E-state index contributed by atoms with van der Waals surface area (Å²) in [5.41, 5.74) is 5.12. The molecule has 0 saturated carbocycles. The van der Waals surface area contributed by atoms with Gasteiger partial charge in [0.2, 0.25) is 0 Å². The Labute approximate surface area is 85.3 Å². The Kier molecular flexibility index (Phi) is 4.48. The summed E-state index contributed by atoms with van der Waals surface area (Å²) >= 11 is 0. The second kappa shape index (κ2) is 5.97. The maximum atomic E-state index is 4.25. The maximum absolute atomic E-state index is 4.25. The summed E-state index contributed by atoms with van der Waals surface area (Å²) in [6, 6.07) is 9.93. The molecule has 0 unspecified atom stereocenters. The monoisotopic (exact) mass is 188 g/mol. The molecular weight excluding hydrogens is 172 g/mol. The van der Waals surface area contributed by atoms with E-state index in [-0.39, 0.29) is 0 Å². The summed E-state index contributed by atoms with van der Waals surface area (Å²) in [4.78, 5) is 0. The summed E-state index contributed by atoms with van der Waals surface area (Å²) in [7, 11) is 0. The Hall–Kier alpha value is -1.57. The van der Waals surface area contributed by atoms with Gasteiger partial charge in [0.25, 0.3) is 0 Å². The maximum Gasteiger partial charge on any atom is 0.0561 e. The lowest BCUT2D eigenvalue weighted by atomic mass is 10.2. The quantitative estimate of drug-likeness (QED) is 0.427. The van der Waals surface area contributed by atoms with Crippen LogP contribution < -0.4 is 5.43 Å². The molecule has 74 valence electrons. The van der Waals surface area contributed by atoms with Crippen LogP contribution in [0.25, 0.3) is 0 Å². The number of nitrogens with zero attached hydrogens (tertiary/aromatic N) is 1. The Bertz CT molecular complexity index is 301. The highest BCUT2D eigenvalue weighted by molar-refractivity contribution is 5.82. The largest absolute Gasteiger partial charge is 0.279 e. The number of hydrogen-bond acceptors (Lipinski definition) is 2. The second-order valence-corrected chi connectivity index (χ2v) is 3.15. The first-order valence-electron chi connectivity index (χ1n) is 4.78. The van der Waals surface area contributed by atoms with Crippen LogP contribution in [-0.2, 0) is 0 Å². The van der Waals surface area contributed by atoms with Crippen LogP contribution in [0, 0.1) is 0 Å². The molecule has 0 bridgehead atoms. The molecule has 0 aromatic heterocycles. The van der Waals surface area contributed by atoms with Gasteiger partial charge in [0.15, 0.2) is 0 Å². The van der Waals surface area contributed by atoms with Crippen molar-refractivity contribution >= 4 is 11.4 Å². The Morgan fingerprint density at radius 3 is 2.79 bits per heavy atom. The van der Waals surface area contributed by atoms with Crippen molar-refractivity contribution < 1.29 is 0 Å². The topological polar surface area (TPSA) is 24.4 Å². The Balaban J connectivity index is 2.42. The van der Waals surface area contributed by atoms with Crippen molar-refractivity contribution in [3.8, 4) is 0 Å². The number of benzene rings is 1. The van der Waals surface area contributed by atoms with Gasteiger partial charge in [-0.15, -0.1) is 6.58 Å². The van der Waals surface area contributed by atoms with Crippen LogP contribution in [0.1, 0.15) is 19.8 Å². The number of hydrogen-bond donors (Lipinski definition) is 1. The van der Waals surface area contributed by atoms with Gasteiger partial charge in [0.05, 0.1) is 5.69 Å². The van der Waals surface area contributed by atoms with Crippen molar-refractivity contribution in [3.05, 3.63) is 43.0 Å². The fourth-order valence-electron chi connectivity index (χ4n) is 1.04. The zero-order valence-electron chi connectivity index (χ0n) is 8.53. The predicted octanol–water partition coefficient (Wildman–Crippen LogP) is 3.44. The number of anilines is 1. The van der Waals surface area contributed by atoms with Crippen LogP contribution >= 0.6 is 0 Å². The number of allylic oxidation sites excluding steroid dienone is 1. The van der Waals surface area contributed by atoms with E-state index in [4.69, 9.17) is 0 Å². The van der Waals surface area contributed by atoms with Crippen LogP contribution in [0.5, 0.6) is 0 Å². The molecule has 0 aliphatic rings. The lowest BCUT2D eigenvalue weighted by molar-refractivity contribution is 1.08. The highest BCUT2D eigenvalue weighted by atomic mass is 15.3. The van der Waals surface area contributed by atoms with E-state index in [0.29, 0.717) is 0 Å². The summed E-state index contributed by atoms with van der Waals surface area (Å²) in [5.74, 6) is 0. The van der Waals surface area contributed by atoms with Crippen molar-refractivity contribution in [2.24, 2.45) is 5.10 Å². The van der Waals surface area contributed by atoms with Gasteiger partial charge >= 0.3 is 0 Å². The van der Waals surface area contributed by atoms with Crippen LogP contribution in [0.3, 0.4) is 0 Å². The van der Waals surface area contributed by atoms with Gasteiger partial charge in [0, 0.05) is 5.71 Å². The molecule has 0 aliphatic heterocycles. The van der Waals surface area contributed by atoms with Gasteiger partial charge in [0.1, 0.15) is 0 Å². The Morgan fingerprint density at radius 1 is 1.43 bits per heavy atom. The van der Waals surface area contributed by atoms with Gasteiger partial charge in [-0.3, -0.25) is 5.43 Å². The molecule has 0 saturated heterocycles. The van der Waals surface area contributed by atoms with Crippen molar-refractivity contribution in [1.29, 1.82) is 0 Å². The molecule has 2 heteroatoms. The van der Waals surface area contributed by atoms with E-state index in [1.807, 2.05) is 43.3 Å². The SMILES string of the molecule is C=CCC/C(C)=N/Nc1ccccc1. The highest BCUT2D eigenvalue weighted by Gasteiger charge is 1.90. The summed E-state index contributed by atoms with van der Waals surface area (Å²) in [5, 5.41) is 4.25. The molecular formula is C12H16N2. The highest BCUT2D eigenvalue weighted by Crippen LogP contribution is 2.05. The molecule has 0 atom stereocenters. The van der Waals surface area contributed by atoms with Crippen LogP contribution in [0.15, 0.2) is 48.1 Å². The van der Waals surface area contributed by atoms with E-state index in [1.54, 1.807) is 0 Å². The van der Waals surface area contributed by atoms with Crippen molar-refractivity contribution in [1.82, 2.24) is 0 Å². The first-order chi connectivity index (χ1) is 6.83. The third-order valence-corrected chi connectivity index (χ3v) is 1.86. The van der Waals surface area contributed by atoms with E-state index in [9.17, 15) is 0 Å². The average molecular weight is 188 g/mol. The third kappa shape index (κ3) is 3.90. The molecule has 1 rings (SSSR count). The third-order valence-electron chi connectivity index (χ3n) is 1.86.